The Balaban J connectivity index is 2.58. The highest BCUT2D eigenvalue weighted by Gasteiger charge is 2.35. The Morgan fingerprint density at radius 1 is 1.33 bits per heavy atom. The van der Waals surface area contributed by atoms with Gasteiger partial charge in [0.05, 0.1) is 0 Å². The fraction of sp³-hybridized carbons (Fsp3) is 1.00. The maximum atomic E-state index is 3.79. The molecule has 1 atom stereocenters. The number of halogens is 1. The Morgan fingerprint density at radius 2 is 1.92 bits per heavy atom. The summed E-state index contributed by atoms with van der Waals surface area (Å²) in [5, 5.41) is 0. The third-order valence-electron chi connectivity index (χ3n) is 3.18. The van der Waals surface area contributed by atoms with Crippen molar-refractivity contribution in [1.82, 2.24) is 0 Å². The lowest BCUT2D eigenvalue weighted by Crippen LogP contribution is -2.33. The summed E-state index contributed by atoms with van der Waals surface area (Å²) in [6.45, 7) is 9.41. The molecule has 0 heterocycles. The van der Waals surface area contributed by atoms with E-state index in [0.717, 1.165) is 5.92 Å². The molecule has 0 aromatic rings. The zero-order valence-corrected chi connectivity index (χ0v) is 10.4. The van der Waals surface area contributed by atoms with Crippen LogP contribution in [0.4, 0.5) is 0 Å². The van der Waals surface area contributed by atoms with Crippen molar-refractivity contribution in [2.75, 3.05) is 0 Å². The predicted molar refractivity (Wildman–Crippen MR) is 58.7 cm³/mol. The van der Waals surface area contributed by atoms with Crippen molar-refractivity contribution in [2.24, 2.45) is 11.3 Å². The van der Waals surface area contributed by atoms with E-state index < -0.39 is 0 Å². The van der Waals surface area contributed by atoms with Crippen LogP contribution in [0.15, 0.2) is 0 Å². The molecular formula is C11H21Br. The predicted octanol–water partition coefficient (Wildman–Crippen LogP) is 4.38. The lowest BCUT2D eigenvalue weighted by atomic mass is 9.69. The molecule has 12 heavy (non-hydrogen) atoms. The fourth-order valence-corrected chi connectivity index (χ4v) is 2.67. The molecule has 0 amide bonds. The average Bonchev–Trinajstić information content (AvgIpc) is 1.83. The zero-order chi connectivity index (χ0) is 9.41. The molecule has 0 bridgehead atoms. The smallest absolute Gasteiger partial charge is 0.0230 e. The minimum atomic E-state index is 0.338. The largest absolute Gasteiger partial charge is 0.0856 e. The van der Waals surface area contributed by atoms with Gasteiger partial charge in [-0.2, -0.15) is 0 Å². The average molecular weight is 233 g/mol. The van der Waals surface area contributed by atoms with Crippen molar-refractivity contribution in [3.05, 3.63) is 0 Å². The van der Waals surface area contributed by atoms with Gasteiger partial charge in [-0.25, -0.2) is 0 Å². The molecule has 0 nitrogen and oxygen atoms in total. The molecule has 0 radical (unpaired) electrons. The second kappa shape index (κ2) is 3.32. The molecule has 72 valence electrons. The molecule has 0 spiro atoms. The highest BCUT2D eigenvalue weighted by Crippen LogP contribution is 2.45. The summed E-state index contributed by atoms with van der Waals surface area (Å²) < 4.78 is 0.338. The van der Waals surface area contributed by atoms with E-state index in [1.165, 1.54) is 25.7 Å². The van der Waals surface area contributed by atoms with Crippen molar-refractivity contribution >= 4 is 15.9 Å². The first-order valence-electron chi connectivity index (χ1n) is 5.00. The molecule has 0 aromatic heterocycles. The third kappa shape index (κ3) is 2.76. The molecule has 1 aliphatic carbocycles. The molecule has 1 aliphatic rings. The van der Waals surface area contributed by atoms with Crippen LogP contribution in [0.2, 0.25) is 0 Å². The van der Waals surface area contributed by atoms with Crippen molar-refractivity contribution < 1.29 is 0 Å². The summed E-state index contributed by atoms with van der Waals surface area (Å²) in [7, 11) is 0. The number of alkyl halides is 1. The highest BCUT2D eigenvalue weighted by molar-refractivity contribution is 9.10. The van der Waals surface area contributed by atoms with Crippen molar-refractivity contribution in [3.8, 4) is 0 Å². The van der Waals surface area contributed by atoms with Gasteiger partial charge in [0.1, 0.15) is 0 Å². The maximum Gasteiger partial charge on any atom is 0.0230 e. The fourth-order valence-electron chi connectivity index (χ4n) is 2.28. The second-order valence-corrected chi connectivity index (χ2v) is 7.57. The summed E-state index contributed by atoms with van der Waals surface area (Å²) >= 11 is 3.79. The van der Waals surface area contributed by atoms with Gasteiger partial charge in [0, 0.05) is 4.32 Å². The van der Waals surface area contributed by atoms with Crippen LogP contribution in [-0.2, 0) is 0 Å². The molecule has 0 saturated heterocycles. The van der Waals surface area contributed by atoms with Crippen molar-refractivity contribution in [1.29, 1.82) is 0 Å². The normalized spacial score (nSPS) is 30.2. The Hall–Kier alpha value is 0.480. The Morgan fingerprint density at radius 3 is 2.25 bits per heavy atom. The van der Waals surface area contributed by atoms with Gasteiger partial charge in [0.25, 0.3) is 0 Å². The van der Waals surface area contributed by atoms with E-state index in [4.69, 9.17) is 0 Å². The lowest BCUT2D eigenvalue weighted by Gasteiger charge is -2.40. The summed E-state index contributed by atoms with van der Waals surface area (Å²) in [6, 6.07) is 0. The van der Waals surface area contributed by atoms with Crippen LogP contribution in [0.5, 0.6) is 0 Å². The molecular weight excluding hydrogens is 212 g/mol. The van der Waals surface area contributed by atoms with Gasteiger partial charge < -0.3 is 0 Å². The number of rotatable bonds is 1. The topological polar surface area (TPSA) is 0 Å². The summed E-state index contributed by atoms with van der Waals surface area (Å²) in [5.74, 6) is 0.862. The molecule has 0 aliphatic heterocycles. The third-order valence-corrected chi connectivity index (χ3v) is 3.82. The molecule has 1 unspecified atom stereocenters. The van der Waals surface area contributed by atoms with E-state index in [-0.39, 0.29) is 0 Å². The van der Waals surface area contributed by atoms with Crippen molar-refractivity contribution in [3.63, 3.8) is 0 Å². The van der Waals surface area contributed by atoms with Gasteiger partial charge >= 0.3 is 0 Å². The molecule has 0 N–H and O–H groups in total. The minimum Gasteiger partial charge on any atom is -0.0856 e. The minimum absolute atomic E-state index is 0.338. The monoisotopic (exact) mass is 232 g/mol. The zero-order valence-electron chi connectivity index (χ0n) is 8.78. The molecule has 1 heteroatoms. The highest BCUT2D eigenvalue weighted by atomic mass is 79.9. The van der Waals surface area contributed by atoms with Crippen LogP contribution in [-0.4, -0.2) is 4.32 Å². The first-order valence-corrected chi connectivity index (χ1v) is 5.79. The van der Waals surface area contributed by atoms with Gasteiger partial charge in [0.2, 0.25) is 0 Å². The van der Waals surface area contributed by atoms with Gasteiger partial charge in [-0.1, -0.05) is 36.2 Å². The van der Waals surface area contributed by atoms with Gasteiger partial charge in [-0.05, 0) is 44.4 Å². The van der Waals surface area contributed by atoms with E-state index in [1.54, 1.807) is 0 Å². The van der Waals surface area contributed by atoms with Crippen LogP contribution in [0, 0.1) is 11.3 Å². The first-order chi connectivity index (χ1) is 5.31. The molecule has 1 fully saturated rings. The van der Waals surface area contributed by atoms with Crippen LogP contribution in [0.3, 0.4) is 0 Å². The quantitative estimate of drug-likeness (QED) is 0.590. The van der Waals surface area contributed by atoms with Crippen LogP contribution >= 0.6 is 15.9 Å². The van der Waals surface area contributed by atoms with E-state index in [1.807, 2.05) is 0 Å². The first kappa shape index (κ1) is 10.6. The van der Waals surface area contributed by atoms with Crippen molar-refractivity contribution in [2.45, 2.75) is 57.7 Å². The molecule has 1 saturated carbocycles. The summed E-state index contributed by atoms with van der Waals surface area (Å²) in [6.07, 6.45) is 5.60. The SMILES string of the molecule is CC1(C)CCCC(C(C)(C)Br)C1. The number of hydrogen-bond donors (Lipinski definition) is 0. The van der Waals surface area contributed by atoms with Gasteiger partial charge in [0.15, 0.2) is 0 Å². The van der Waals surface area contributed by atoms with Crippen LogP contribution < -0.4 is 0 Å². The summed E-state index contributed by atoms with van der Waals surface area (Å²) in [5.41, 5.74) is 0.577. The van der Waals surface area contributed by atoms with E-state index in [0.29, 0.717) is 9.74 Å². The second-order valence-electron chi connectivity index (χ2n) is 5.52. The summed E-state index contributed by atoms with van der Waals surface area (Å²) in [4.78, 5) is 0. The standard InChI is InChI=1S/C11H21Br/c1-10(2)7-5-6-9(8-10)11(3,4)12/h9H,5-8H2,1-4H3. The number of hydrogen-bond acceptors (Lipinski definition) is 0. The van der Waals surface area contributed by atoms with E-state index in [9.17, 15) is 0 Å². The van der Waals surface area contributed by atoms with Crippen LogP contribution in [0.1, 0.15) is 53.4 Å². The Bertz CT molecular complexity index is 150. The lowest BCUT2D eigenvalue weighted by molar-refractivity contribution is 0.160. The van der Waals surface area contributed by atoms with Gasteiger partial charge in [-0.3, -0.25) is 0 Å². The molecule has 0 aromatic carbocycles. The van der Waals surface area contributed by atoms with Crippen LogP contribution in [0.25, 0.3) is 0 Å². The maximum absolute atomic E-state index is 3.79. The van der Waals surface area contributed by atoms with Gasteiger partial charge in [-0.15, -0.1) is 0 Å². The van der Waals surface area contributed by atoms with E-state index >= 15 is 0 Å². The molecule has 1 rings (SSSR count). The Labute approximate surface area is 85.3 Å². The Kier molecular flexibility index (Phi) is 2.92. The van der Waals surface area contributed by atoms with E-state index in [2.05, 4.69) is 43.6 Å².